The maximum atomic E-state index is 2.18. The summed E-state index contributed by atoms with van der Waals surface area (Å²) in [5.41, 5.74) is 2.88. The van der Waals surface area contributed by atoms with Gasteiger partial charge < -0.3 is 0 Å². The van der Waals surface area contributed by atoms with Crippen LogP contribution in [0, 0.1) is 0 Å². The van der Waals surface area contributed by atoms with E-state index in [1.165, 1.54) is 11.1 Å². The zero-order valence-corrected chi connectivity index (χ0v) is 6.02. The second-order valence-corrected chi connectivity index (χ2v) is 2.45. The van der Waals surface area contributed by atoms with Crippen molar-refractivity contribution in [3.05, 3.63) is 35.5 Å². The van der Waals surface area contributed by atoms with Gasteiger partial charge in [-0.05, 0) is 20.3 Å². The molecule has 0 saturated heterocycles. The summed E-state index contributed by atoms with van der Waals surface area (Å²) in [7, 11) is 0. The Morgan fingerprint density at radius 3 is 2.78 bits per heavy atom. The molecule has 1 rings (SSSR count). The van der Waals surface area contributed by atoms with Crippen molar-refractivity contribution in [3.63, 3.8) is 0 Å². The average molecular weight is 120 g/mol. The van der Waals surface area contributed by atoms with E-state index in [9.17, 15) is 0 Å². The molecule has 0 heterocycles. The van der Waals surface area contributed by atoms with Crippen LogP contribution in [0.4, 0.5) is 0 Å². The molecule has 0 heteroatoms. The van der Waals surface area contributed by atoms with Crippen molar-refractivity contribution < 1.29 is 0 Å². The third-order valence-corrected chi connectivity index (χ3v) is 1.69. The van der Waals surface area contributed by atoms with Crippen molar-refractivity contribution in [1.29, 1.82) is 0 Å². The number of hydrogen-bond donors (Lipinski definition) is 0. The van der Waals surface area contributed by atoms with Gasteiger partial charge in [-0.15, -0.1) is 0 Å². The van der Waals surface area contributed by atoms with Gasteiger partial charge in [-0.25, -0.2) is 0 Å². The quantitative estimate of drug-likeness (QED) is 0.461. The molecule has 0 aromatic carbocycles. The lowest BCUT2D eigenvalue weighted by molar-refractivity contribution is 1.17. The molecule has 0 aromatic rings. The van der Waals surface area contributed by atoms with E-state index in [4.69, 9.17) is 0 Å². The van der Waals surface area contributed by atoms with Crippen molar-refractivity contribution in [3.8, 4) is 0 Å². The number of rotatable bonds is 0. The predicted octanol–water partition coefficient (Wildman–Crippen LogP) is 2.84. The minimum Gasteiger partial charge on any atom is -0.0805 e. The summed E-state index contributed by atoms with van der Waals surface area (Å²) in [5, 5.41) is 0. The average Bonchev–Trinajstić information content (AvgIpc) is 1.99. The van der Waals surface area contributed by atoms with E-state index in [1.807, 2.05) is 0 Å². The largest absolute Gasteiger partial charge is 0.0805 e. The first kappa shape index (κ1) is 6.34. The lowest BCUT2D eigenvalue weighted by Gasteiger charge is -1.95. The zero-order valence-electron chi connectivity index (χ0n) is 6.02. The Labute approximate surface area is 56.6 Å². The van der Waals surface area contributed by atoms with Crippen molar-refractivity contribution in [2.75, 3.05) is 0 Å². The van der Waals surface area contributed by atoms with E-state index in [-0.39, 0.29) is 0 Å². The van der Waals surface area contributed by atoms with E-state index in [2.05, 4.69) is 38.2 Å². The maximum Gasteiger partial charge on any atom is -0.0133 e. The molecule has 0 nitrogen and oxygen atoms in total. The smallest absolute Gasteiger partial charge is 0.0133 e. The normalized spacial score (nSPS) is 18.4. The predicted molar refractivity (Wildman–Crippen MR) is 41.3 cm³/mol. The third kappa shape index (κ3) is 1.56. The maximum absolute atomic E-state index is 2.18. The van der Waals surface area contributed by atoms with Gasteiger partial charge in [0.25, 0.3) is 0 Å². The van der Waals surface area contributed by atoms with Crippen molar-refractivity contribution in [1.82, 2.24) is 0 Å². The van der Waals surface area contributed by atoms with Gasteiger partial charge in [-0.3, -0.25) is 0 Å². The molecule has 1 aliphatic carbocycles. The van der Waals surface area contributed by atoms with Crippen LogP contribution in [-0.4, -0.2) is 0 Å². The Hall–Kier alpha value is -0.780. The number of allylic oxidation sites excluding steroid dienone is 6. The van der Waals surface area contributed by atoms with Crippen LogP contribution in [0.2, 0.25) is 0 Å². The van der Waals surface area contributed by atoms with Gasteiger partial charge in [0.1, 0.15) is 0 Å². The Morgan fingerprint density at radius 1 is 1.22 bits per heavy atom. The molecule has 0 radical (unpaired) electrons. The molecular weight excluding hydrogens is 108 g/mol. The van der Waals surface area contributed by atoms with Crippen LogP contribution in [0.3, 0.4) is 0 Å². The van der Waals surface area contributed by atoms with Crippen LogP contribution < -0.4 is 0 Å². The molecule has 0 aromatic heterocycles. The molecule has 48 valence electrons. The van der Waals surface area contributed by atoms with Crippen molar-refractivity contribution in [2.45, 2.75) is 20.3 Å². The minimum absolute atomic E-state index is 1.11. The van der Waals surface area contributed by atoms with Crippen LogP contribution >= 0.6 is 0 Å². The molecule has 0 aliphatic heterocycles. The molecule has 1 aliphatic rings. The minimum atomic E-state index is 1.11. The Morgan fingerprint density at radius 2 is 2.00 bits per heavy atom. The Kier molecular flexibility index (Phi) is 1.88. The van der Waals surface area contributed by atoms with Gasteiger partial charge in [-0.1, -0.05) is 35.5 Å². The summed E-state index contributed by atoms with van der Waals surface area (Å²) >= 11 is 0. The Balaban J connectivity index is 2.85. The van der Waals surface area contributed by atoms with E-state index >= 15 is 0 Å². The fourth-order valence-corrected chi connectivity index (χ4v) is 0.827. The van der Waals surface area contributed by atoms with Crippen LogP contribution in [0.1, 0.15) is 20.3 Å². The third-order valence-electron chi connectivity index (χ3n) is 1.69. The first-order valence-electron chi connectivity index (χ1n) is 3.30. The fourth-order valence-electron chi connectivity index (χ4n) is 0.827. The molecular formula is C9H12. The second-order valence-electron chi connectivity index (χ2n) is 2.45. The van der Waals surface area contributed by atoms with Gasteiger partial charge in [0.05, 0.1) is 0 Å². The van der Waals surface area contributed by atoms with Crippen molar-refractivity contribution in [2.24, 2.45) is 0 Å². The Bertz CT molecular complexity index is 180. The summed E-state index contributed by atoms with van der Waals surface area (Å²) in [6.07, 6.45) is 9.63. The van der Waals surface area contributed by atoms with Gasteiger partial charge >= 0.3 is 0 Å². The molecule has 0 unspecified atom stereocenters. The van der Waals surface area contributed by atoms with Gasteiger partial charge in [0, 0.05) is 0 Å². The highest BCUT2D eigenvalue weighted by Gasteiger charge is 1.91. The lowest BCUT2D eigenvalue weighted by Crippen LogP contribution is -1.75. The summed E-state index contributed by atoms with van der Waals surface area (Å²) in [6.45, 7) is 4.33. The lowest BCUT2D eigenvalue weighted by atomic mass is 10.1. The highest BCUT2D eigenvalue weighted by Crippen LogP contribution is 2.12. The van der Waals surface area contributed by atoms with Gasteiger partial charge in [-0.2, -0.15) is 0 Å². The molecule has 0 N–H and O–H groups in total. The monoisotopic (exact) mass is 120 g/mol. The van der Waals surface area contributed by atoms with Crippen LogP contribution in [0.15, 0.2) is 35.5 Å². The van der Waals surface area contributed by atoms with Crippen LogP contribution in [0.25, 0.3) is 0 Å². The molecule has 0 saturated carbocycles. The SMILES string of the molecule is CC1=C(C)CC=CC=C1. The highest BCUT2D eigenvalue weighted by molar-refractivity contribution is 5.29. The van der Waals surface area contributed by atoms with E-state index in [0.717, 1.165) is 6.42 Å². The van der Waals surface area contributed by atoms with Gasteiger partial charge in [0.15, 0.2) is 0 Å². The topological polar surface area (TPSA) is 0 Å². The second kappa shape index (κ2) is 2.67. The molecule has 0 spiro atoms. The molecule has 0 fully saturated rings. The first-order valence-corrected chi connectivity index (χ1v) is 3.30. The molecule has 0 bridgehead atoms. The van der Waals surface area contributed by atoms with E-state index in [1.54, 1.807) is 0 Å². The molecule has 0 atom stereocenters. The van der Waals surface area contributed by atoms with E-state index in [0.29, 0.717) is 0 Å². The van der Waals surface area contributed by atoms with Crippen LogP contribution in [0.5, 0.6) is 0 Å². The standard InChI is InChI=1S/C9H12/c1-8-6-4-3-5-7-9(8)2/h3-6H,7H2,1-2H3. The summed E-state index contributed by atoms with van der Waals surface area (Å²) < 4.78 is 0. The zero-order chi connectivity index (χ0) is 6.69. The highest BCUT2D eigenvalue weighted by atomic mass is 14.0. The summed E-state index contributed by atoms with van der Waals surface area (Å²) in [4.78, 5) is 0. The molecule has 0 amide bonds. The summed E-state index contributed by atoms with van der Waals surface area (Å²) in [6, 6.07) is 0. The molecule has 9 heavy (non-hydrogen) atoms. The summed E-state index contributed by atoms with van der Waals surface area (Å²) in [5.74, 6) is 0. The fraction of sp³-hybridized carbons (Fsp3) is 0.333. The number of hydrogen-bond acceptors (Lipinski definition) is 0. The van der Waals surface area contributed by atoms with Crippen molar-refractivity contribution >= 4 is 0 Å². The first-order chi connectivity index (χ1) is 4.30. The van der Waals surface area contributed by atoms with Gasteiger partial charge in [0.2, 0.25) is 0 Å². The van der Waals surface area contributed by atoms with E-state index < -0.39 is 0 Å². The van der Waals surface area contributed by atoms with Crippen LogP contribution in [-0.2, 0) is 0 Å².